The molecule has 3 aromatic rings. The molecule has 0 saturated carbocycles. The fourth-order valence-electron chi connectivity index (χ4n) is 4.03. The van der Waals surface area contributed by atoms with Gasteiger partial charge in [0.1, 0.15) is 0 Å². The number of rotatable bonds is 5. The molecule has 0 bridgehead atoms. The van der Waals surface area contributed by atoms with Gasteiger partial charge < -0.3 is 4.74 Å². The van der Waals surface area contributed by atoms with Crippen LogP contribution >= 0.6 is 11.3 Å². The van der Waals surface area contributed by atoms with Crippen molar-refractivity contribution in [3.8, 4) is 0 Å². The second-order valence-electron chi connectivity index (χ2n) is 7.80. The summed E-state index contributed by atoms with van der Waals surface area (Å²) in [5.41, 5.74) is 5.28. The average Bonchev–Trinajstić information content (AvgIpc) is 3.04. The molecule has 6 heteroatoms. The Morgan fingerprint density at radius 1 is 1.14 bits per heavy atom. The predicted molar refractivity (Wildman–Crippen MR) is 114 cm³/mol. The zero-order chi connectivity index (χ0) is 19.7. The third-order valence-corrected chi connectivity index (χ3v) is 6.32. The first-order chi connectivity index (χ1) is 13.5. The minimum Gasteiger partial charge on any atom is -0.372 e. The molecule has 0 spiro atoms. The minimum atomic E-state index is 0.259. The van der Waals surface area contributed by atoms with Crippen LogP contribution in [0.2, 0.25) is 0 Å². The molecule has 3 aromatic heterocycles. The van der Waals surface area contributed by atoms with E-state index in [2.05, 4.69) is 46.1 Å². The monoisotopic (exact) mass is 396 g/mol. The van der Waals surface area contributed by atoms with E-state index in [1.54, 1.807) is 11.3 Å². The number of nitrogens with zero attached hydrogens (tertiary/aromatic N) is 4. The summed E-state index contributed by atoms with van der Waals surface area (Å²) in [6, 6.07) is 8.81. The molecule has 4 rings (SSSR count). The van der Waals surface area contributed by atoms with E-state index in [9.17, 15) is 0 Å². The van der Waals surface area contributed by atoms with Crippen molar-refractivity contribution in [1.29, 1.82) is 0 Å². The third-order valence-electron chi connectivity index (χ3n) is 5.39. The van der Waals surface area contributed by atoms with E-state index in [0.717, 1.165) is 58.4 Å². The first kappa shape index (κ1) is 19.4. The van der Waals surface area contributed by atoms with Crippen LogP contribution in [-0.4, -0.2) is 39.0 Å². The van der Waals surface area contributed by atoms with Crippen LogP contribution in [0.3, 0.4) is 0 Å². The van der Waals surface area contributed by atoms with E-state index in [1.807, 2.05) is 20.8 Å². The Morgan fingerprint density at radius 2 is 1.93 bits per heavy atom. The summed E-state index contributed by atoms with van der Waals surface area (Å²) >= 11 is 1.70. The summed E-state index contributed by atoms with van der Waals surface area (Å²) in [6.45, 7) is 11.0. The number of aromatic nitrogens is 3. The molecule has 0 unspecified atom stereocenters. The van der Waals surface area contributed by atoms with Gasteiger partial charge in [-0.1, -0.05) is 0 Å². The Bertz CT molecular complexity index is 950. The Hall–Kier alpha value is -1.89. The molecule has 1 aliphatic heterocycles. The fraction of sp³-hybridized carbons (Fsp3) is 0.500. The fourth-order valence-corrected chi connectivity index (χ4v) is 4.80. The first-order valence-electron chi connectivity index (χ1n) is 10.0. The van der Waals surface area contributed by atoms with Crippen molar-refractivity contribution in [2.45, 2.75) is 59.3 Å². The Balaban J connectivity index is 1.40. The van der Waals surface area contributed by atoms with E-state index in [4.69, 9.17) is 9.72 Å². The molecule has 4 heterocycles. The van der Waals surface area contributed by atoms with Crippen LogP contribution in [-0.2, 0) is 11.3 Å². The highest BCUT2D eigenvalue weighted by molar-refractivity contribution is 7.18. The Labute approximate surface area is 170 Å². The highest BCUT2D eigenvalue weighted by atomic mass is 32.1. The molecule has 1 saturated heterocycles. The summed E-state index contributed by atoms with van der Waals surface area (Å²) in [7, 11) is 0. The number of hydrogen-bond donors (Lipinski definition) is 0. The molecule has 0 radical (unpaired) electrons. The lowest BCUT2D eigenvalue weighted by Gasteiger charge is -2.36. The predicted octanol–water partition coefficient (Wildman–Crippen LogP) is 4.75. The van der Waals surface area contributed by atoms with Crippen molar-refractivity contribution in [2.75, 3.05) is 13.1 Å². The smallest absolute Gasteiger partial charge is 0.170 e. The van der Waals surface area contributed by atoms with Gasteiger partial charge in [-0.3, -0.25) is 9.88 Å². The van der Waals surface area contributed by atoms with E-state index in [0.29, 0.717) is 6.61 Å². The van der Waals surface area contributed by atoms with Gasteiger partial charge >= 0.3 is 0 Å². The summed E-state index contributed by atoms with van der Waals surface area (Å²) in [4.78, 5) is 16.3. The maximum atomic E-state index is 6.27. The number of pyridine rings is 2. The summed E-state index contributed by atoms with van der Waals surface area (Å²) in [5, 5.41) is 1.07. The molecular formula is C22H28N4OS. The summed E-state index contributed by atoms with van der Waals surface area (Å²) in [5.74, 6) is 0. The van der Waals surface area contributed by atoms with Crippen LogP contribution in [0.5, 0.6) is 0 Å². The van der Waals surface area contributed by atoms with Gasteiger partial charge in [-0.05, 0) is 76.9 Å². The van der Waals surface area contributed by atoms with Crippen LogP contribution < -0.4 is 0 Å². The molecule has 5 nitrogen and oxygen atoms in total. The highest BCUT2D eigenvalue weighted by Crippen LogP contribution is 2.27. The van der Waals surface area contributed by atoms with Crippen molar-refractivity contribution in [3.63, 3.8) is 0 Å². The second-order valence-corrected chi connectivity index (χ2v) is 9.03. The van der Waals surface area contributed by atoms with E-state index < -0.39 is 0 Å². The normalized spacial score (nSPS) is 19.2. The van der Waals surface area contributed by atoms with Crippen molar-refractivity contribution in [3.05, 3.63) is 51.9 Å². The molecule has 1 fully saturated rings. The quantitative estimate of drug-likeness (QED) is 0.623. The largest absolute Gasteiger partial charge is 0.372 e. The number of likely N-dealkylation sites (tertiary alicyclic amines) is 1. The molecule has 1 aliphatic rings. The van der Waals surface area contributed by atoms with Crippen molar-refractivity contribution in [1.82, 2.24) is 19.9 Å². The molecule has 28 heavy (non-hydrogen) atoms. The van der Waals surface area contributed by atoms with Crippen LogP contribution in [0.4, 0.5) is 0 Å². The molecule has 0 aliphatic carbocycles. The van der Waals surface area contributed by atoms with Crippen LogP contribution in [0.25, 0.3) is 10.3 Å². The molecule has 148 valence electrons. The van der Waals surface area contributed by atoms with Crippen LogP contribution in [0, 0.1) is 20.8 Å². The molecule has 0 N–H and O–H groups in total. The van der Waals surface area contributed by atoms with Gasteiger partial charge in [0.2, 0.25) is 0 Å². The lowest BCUT2D eigenvalue weighted by atomic mass is 10.0. The van der Waals surface area contributed by atoms with Gasteiger partial charge in [-0.15, -0.1) is 11.3 Å². The Kier molecular flexibility index (Phi) is 5.71. The number of thiazole rings is 1. The van der Waals surface area contributed by atoms with Crippen LogP contribution in [0.15, 0.2) is 24.3 Å². The minimum absolute atomic E-state index is 0.259. The highest BCUT2D eigenvalue weighted by Gasteiger charge is 2.26. The SMILES string of the molecule is Cc1cc(CO[C@H]2CCCN([C@@H](C)c3ccc4sc(C)nc4n3)C2)cc(C)n1. The van der Waals surface area contributed by atoms with Crippen molar-refractivity contribution < 1.29 is 4.74 Å². The topological polar surface area (TPSA) is 51.1 Å². The van der Waals surface area contributed by atoms with Crippen molar-refractivity contribution >= 4 is 21.7 Å². The molecule has 0 amide bonds. The molecule has 0 aromatic carbocycles. The number of hydrogen-bond acceptors (Lipinski definition) is 6. The van der Waals surface area contributed by atoms with Crippen molar-refractivity contribution in [2.24, 2.45) is 0 Å². The van der Waals surface area contributed by atoms with E-state index in [1.165, 1.54) is 5.56 Å². The second kappa shape index (κ2) is 8.23. The van der Waals surface area contributed by atoms with Gasteiger partial charge in [-0.2, -0.15) is 0 Å². The van der Waals surface area contributed by atoms with Gasteiger partial charge in [-0.25, -0.2) is 9.97 Å². The number of piperidine rings is 1. The van der Waals surface area contributed by atoms with Gasteiger partial charge in [0, 0.05) is 24.0 Å². The first-order valence-corrected chi connectivity index (χ1v) is 10.8. The number of aryl methyl sites for hydroxylation is 3. The maximum Gasteiger partial charge on any atom is 0.170 e. The zero-order valence-electron chi connectivity index (χ0n) is 17.1. The number of fused-ring (bicyclic) bond motifs is 1. The molecular weight excluding hydrogens is 368 g/mol. The third kappa shape index (κ3) is 4.40. The standard InChI is InChI=1S/C22H28N4OS/c1-14-10-18(11-15(2)23-14)13-27-19-6-5-9-26(12-19)16(3)20-7-8-21-22(25-20)24-17(4)28-21/h7-8,10-11,16,19H,5-6,9,12-13H2,1-4H3/t16-,19-/m0/s1. The average molecular weight is 397 g/mol. The zero-order valence-corrected chi connectivity index (χ0v) is 17.9. The van der Waals surface area contributed by atoms with Crippen LogP contribution in [0.1, 0.15) is 53.5 Å². The van der Waals surface area contributed by atoms with E-state index in [-0.39, 0.29) is 12.1 Å². The lowest BCUT2D eigenvalue weighted by molar-refractivity contribution is -0.0202. The molecule has 2 atom stereocenters. The number of ether oxygens (including phenoxy) is 1. The summed E-state index contributed by atoms with van der Waals surface area (Å²) in [6.07, 6.45) is 2.53. The maximum absolute atomic E-state index is 6.27. The summed E-state index contributed by atoms with van der Waals surface area (Å²) < 4.78 is 7.43. The van der Waals surface area contributed by atoms with Gasteiger partial charge in [0.15, 0.2) is 5.65 Å². The van der Waals surface area contributed by atoms with E-state index >= 15 is 0 Å². The Morgan fingerprint density at radius 3 is 2.71 bits per heavy atom. The van der Waals surface area contributed by atoms with Gasteiger partial charge in [0.25, 0.3) is 0 Å². The lowest BCUT2D eigenvalue weighted by Crippen LogP contribution is -2.41. The van der Waals surface area contributed by atoms with Gasteiger partial charge in [0.05, 0.1) is 28.1 Å².